The van der Waals surface area contributed by atoms with Gasteiger partial charge in [-0.2, -0.15) is 0 Å². The zero-order valence-corrected chi connectivity index (χ0v) is 12.6. The maximum atomic E-state index is 12.4. The summed E-state index contributed by atoms with van der Waals surface area (Å²) in [5.74, 6) is -0.706. The van der Waals surface area contributed by atoms with E-state index in [2.05, 4.69) is 4.98 Å². The molecule has 0 amide bonds. The lowest BCUT2D eigenvalue weighted by atomic mass is 9.80. The summed E-state index contributed by atoms with van der Waals surface area (Å²) in [5.41, 5.74) is -0.158. The first-order valence-corrected chi connectivity index (χ1v) is 7.06. The van der Waals surface area contributed by atoms with Gasteiger partial charge in [0.2, 0.25) is 5.54 Å². The van der Waals surface area contributed by atoms with Gasteiger partial charge < -0.3 is 0 Å². The van der Waals surface area contributed by atoms with E-state index in [1.165, 1.54) is 13.8 Å². The molecule has 0 N–H and O–H groups in total. The molecular weight excluding hydrogens is 280 g/mol. The van der Waals surface area contributed by atoms with Gasteiger partial charge in [0.25, 0.3) is 0 Å². The number of hydrogen-bond donors (Lipinski definition) is 0. The zero-order chi connectivity index (χ0) is 16.2. The fraction of sp³-hybridized carbons (Fsp3) is 0.294. The molecule has 5 heteroatoms. The molecule has 0 aliphatic rings. The average Bonchev–Trinajstić information content (AvgIpc) is 2.53. The summed E-state index contributed by atoms with van der Waals surface area (Å²) in [5, 5.41) is 11.4. The molecule has 0 aliphatic carbocycles. The van der Waals surface area contributed by atoms with Gasteiger partial charge in [-0.1, -0.05) is 36.4 Å². The maximum absolute atomic E-state index is 12.4. The molecule has 2 aromatic rings. The summed E-state index contributed by atoms with van der Waals surface area (Å²) in [7, 11) is 0. The van der Waals surface area contributed by atoms with E-state index >= 15 is 0 Å². The summed E-state index contributed by atoms with van der Waals surface area (Å²) >= 11 is 0. The number of Topliss-reactive ketones (excluding diaryl/α,β-unsaturated/α-hetero) is 1. The van der Waals surface area contributed by atoms with E-state index in [1.54, 1.807) is 48.7 Å². The Hall–Kier alpha value is -2.56. The van der Waals surface area contributed by atoms with Crippen molar-refractivity contribution in [3.8, 4) is 0 Å². The quantitative estimate of drug-likeness (QED) is 0.465. The molecule has 1 heterocycles. The van der Waals surface area contributed by atoms with E-state index in [0.29, 0.717) is 11.3 Å². The van der Waals surface area contributed by atoms with Crippen LogP contribution in [0.1, 0.15) is 42.2 Å². The lowest BCUT2D eigenvalue weighted by Gasteiger charge is -2.26. The monoisotopic (exact) mass is 298 g/mol. The number of ketones is 1. The summed E-state index contributed by atoms with van der Waals surface area (Å²) in [6, 6.07) is 14.1. The standard InChI is InChI=1S/C17H18N2O3/c1-17(2,19(21)22)14(15-10-6-7-11-18-15)12-16(20)13-8-4-3-5-9-13/h3-11,14H,12H2,1-2H3. The van der Waals surface area contributed by atoms with E-state index in [-0.39, 0.29) is 17.1 Å². The molecule has 0 aliphatic heterocycles. The molecule has 0 radical (unpaired) electrons. The second-order valence-corrected chi connectivity index (χ2v) is 5.71. The van der Waals surface area contributed by atoms with Gasteiger partial charge in [-0.15, -0.1) is 0 Å². The normalized spacial score (nSPS) is 12.6. The Morgan fingerprint density at radius 2 is 1.82 bits per heavy atom. The lowest BCUT2D eigenvalue weighted by molar-refractivity contribution is -0.565. The van der Waals surface area contributed by atoms with Crippen LogP contribution in [0.3, 0.4) is 0 Å². The van der Waals surface area contributed by atoms with Crippen molar-refractivity contribution in [2.24, 2.45) is 0 Å². The van der Waals surface area contributed by atoms with Crippen LogP contribution in [-0.2, 0) is 0 Å². The largest absolute Gasteiger partial charge is 0.294 e. The predicted octanol–water partition coefficient (Wildman–Crippen LogP) is 3.49. The fourth-order valence-electron chi connectivity index (χ4n) is 2.35. The van der Waals surface area contributed by atoms with Crippen LogP contribution in [-0.4, -0.2) is 21.2 Å². The third kappa shape index (κ3) is 3.36. The molecule has 1 aromatic carbocycles. The Labute approximate surface area is 129 Å². The van der Waals surface area contributed by atoms with E-state index < -0.39 is 11.5 Å². The number of nitro groups is 1. The van der Waals surface area contributed by atoms with Gasteiger partial charge in [-0.3, -0.25) is 19.9 Å². The van der Waals surface area contributed by atoms with Gasteiger partial charge in [0.1, 0.15) is 0 Å². The summed E-state index contributed by atoms with van der Waals surface area (Å²) in [6.45, 7) is 3.06. The first kappa shape index (κ1) is 15.8. The second kappa shape index (κ2) is 6.47. The number of carbonyl (C=O) groups excluding carboxylic acids is 1. The fourth-order valence-corrected chi connectivity index (χ4v) is 2.35. The molecule has 1 unspecified atom stereocenters. The average molecular weight is 298 g/mol. The maximum Gasteiger partial charge on any atom is 0.225 e. The Bertz CT molecular complexity index is 654. The molecule has 1 aromatic heterocycles. The van der Waals surface area contributed by atoms with Crippen molar-refractivity contribution in [3.63, 3.8) is 0 Å². The van der Waals surface area contributed by atoms with Crippen molar-refractivity contribution in [1.82, 2.24) is 4.98 Å². The van der Waals surface area contributed by atoms with Gasteiger partial charge in [0.05, 0.1) is 11.6 Å². The van der Waals surface area contributed by atoms with E-state index in [1.807, 2.05) is 6.07 Å². The summed E-state index contributed by atoms with van der Waals surface area (Å²) in [4.78, 5) is 27.7. The molecular formula is C17H18N2O3. The third-order valence-electron chi connectivity index (χ3n) is 3.85. The van der Waals surface area contributed by atoms with Crippen molar-refractivity contribution in [2.75, 3.05) is 0 Å². The van der Waals surface area contributed by atoms with Gasteiger partial charge in [-0.05, 0) is 12.1 Å². The molecule has 0 fully saturated rings. The highest BCUT2D eigenvalue weighted by Gasteiger charge is 2.43. The van der Waals surface area contributed by atoms with Crippen LogP contribution in [0.25, 0.3) is 0 Å². The number of nitrogens with zero attached hydrogens (tertiary/aromatic N) is 2. The lowest BCUT2D eigenvalue weighted by Crippen LogP contribution is -2.39. The third-order valence-corrected chi connectivity index (χ3v) is 3.85. The smallest absolute Gasteiger partial charge is 0.225 e. The van der Waals surface area contributed by atoms with Crippen LogP contribution in [0.4, 0.5) is 0 Å². The highest BCUT2D eigenvalue weighted by atomic mass is 16.6. The topological polar surface area (TPSA) is 73.1 Å². The van der Waals surface area contributed by atoms with Crippen LogP contribution >= 0.6 is 0 Å². The SMILES string of the molecule is CC(C)(C(CC(=O)c1ccccc1)c1ccccn1)[N+](=O)[O-]. The van der Waals surface area contributed by atoms with Crippen molar-refractivity contribution >= 4 is 5.78 Å². The van der Waals surface area contributed by atoms with Gasteiger partial charge >= 0.3 is 0 Å². The Morgan fingerprint density at radius 1 is 1.18 bits per heavy atom. The minimum Gasteiger partial charge on any atom is -0.294 e. The first-order chi connectivity index (χ1) is 10.4. The number of pyridine rings is 1. The molecule has 114 valence electrons. The highest BCUT2D eigenvalue weighted by molar-refractivity contribution is 5.96. The van der Waals surface area contributed by atoms with Gasteiger partial charge in [0.15, 0.2) is 5.78 Å². The van der Waals surface area contributed by atoms with Gasteiger partial charge in [0, 0.05) is 37.0 Å². The van der Waals surface area contributed by atoms with E-state index in [0.717, 1.165) is 0 Å². The van der Waals surface area contributed by atoms with Crippen molar-refractivity contribution in [2.45, 2.75) is 31.7 Å². The number of aromatic nitrogens is 1. The number of benzene rings is 1. The molecule has 5 nitrogen and oxygen atoms in total. The van der Waals surface area contributed by atoms with Crippen molar-refractivity contribution in [3.05, 3.63) is 76.1 Å². The molecule has 0 bridgehead atoms. The number of hydrogen-bond acceptors (Lipinski definition) is 4. The van der Waals surface area contributed by atoms with Crippen molar-refractivity contribution < 1.29 is 9.72 Å². The second-order valence-electron chi connectivity index (χ2n) is 5.71. The summed E-state index contributed by atoms with van der Waals surface area (Å²) in [6.07, 6.45) is 1.64. The van der Waals surface area contributed by atoms with E-state index in [9.17, 15) is 14.9 Å². The molecule has 2 rings (SSSR count). The van der Waals surface area contributed by atoms with E-state index in [4.69, 9.17) is 0 Å². The number of carbonyl (C=O) groups is 1. The molecule has 0 saturated carbocycles. The Balaban J connectivity index is 2.34. The van der Waals surface area contributed by atoms with Crippen LogP contribution in [0, 0.1) is 10.1 Å². The minimum atomic E-state index is -1.28. The molecule has 22 heavy (non-hydrogen) atoms. The summed E-state index contributed by atoms with van der Waals surface area (Å²) < 4.78 is 0. The van der Waals surface area contributed by atoms with Gasteiger partial charge in [-0.25, -0.2) is 0 Å². The Morgan fingerprint density at radius 3 is 2.36 bits per heavy atom. The number of rotatable bonds is 6. The predicted molar refractivity (Wildman–Crippen MR) is 83.4 cm³/mol. The molecule has 0 spiro atoms. The zero-order valence-electron chi connectivity index (χ0n) is 12.6. The van der Waals surface area contributed by atoms with Crippen molar-refractivity contribution in [1.29, 1.82) is 0 Å². The van der Waals surface area contributed by atoms with Crippen LogP contribution in [0.15, 0.2) is 54.7 Å². The molecule has 0 saturated heterocycles. The van der Waals surface area contributed by atoms with Crippen LogP contribution in [0.2, 0.25) is 0 Å². The molecule has 1 atom stereocenters. The van der Waals surface area contributed by atoms with Crippen LogP contribution < -0.4 is 0 Å². The first-order valence-electron chi connectivity index (χ1n) is 7.06. The minimum absolute atomic E-state index is 0.0506. The Kier molecular flexibility index (Phi) is 4.65. The van der Waals surface area contributed by atoms with Crippen LogP contribution in [0.5, 0.6) is 0 Å². The highest BCUT2D eigenvalue weighted by Crippen LogP contribution is 2.33.